The third-order valence-corrected chi connectivity index (χ3v) is 7.06. The first kappa shape index (κ1) is 23.6. The van der Waals surface area contributed by atoms with Crippen molar-refractivity contribution in [3.8, 4) is 11.1 Å². The van der Waals surface area contributed by atoms with Crippen LogP contribution in [0, 0.1) is 6.92 Å². The second kappa shape index (κ2) is 12.0. The lowest BCUT2D eigenvalue weighted by Gasteiger charge is -2.08. The van der Waals surface area contributed by atoms with Crippen molar-refractivity contribution >= 4 is 21.5 Å². The van der Waals surface area contributed by atoms with Crippen molar-refractivity contribution in [3.63, 3.8) is 0 Å². The second-order valence-corrected chi connectivity index (χ2v) is 9.89. The summed E-state index contributed by atoms with van der Waals surface area (Å²) in [7, 11) is 0. The third-order valence-electron chi connectivity index (χ3n) is 7.06. The molecule has 0 amide bonds. The van der Waals surface area contributed by atoms with Crippen LogP contribution in [0.5, 0.6) is 0 Å². The molecule has 172 valence electrons. The fraction of sp³-hybridized carbons (Fsp3) is 0.394. The van der Waals surface area contributed by atoms with E-state index < -0.39 is 0 Å². The zero-order chi connectivity index (χ0) is 22.9. The molecule has 0 bridgehead atoms. The van der Waals surface area contributed by atoms with Gasteiger partial charge in [0.1, 0.15) is 0 Å². The SMILES string of the molecule is CCCCCCCCCCCCc1ccc2cc3cc(-c4ccc(C)cc4)ccc3cc2c1. The number of fused-ring (bicyclic) bond motifs is 2. The zero-order valence-corrected chi connectivity index (χ0v) is 20.7. The summed E-state index contributed by atoms with van der Waals surface area (Å²) in [4.78, 5) is 0. The lowest BCUT2D eigenvalue weighted by atomic mass is 9.96. The van der Waals surface area contributed by atoms with E-state index in [9.17, 15) is 0 Å². The van der Waals surface area contributed by atoms with Crippen LogP contribution in [0.1, 0.15) is 82.3 Å². The van der Waals surface area contributed by atoms with Crippen molar-refractivity contribution in [2.45, 2.75) is 84.5 Å². The fourth-order valence-corrected chi connectivity index (χ4v) is 4.94. The summed E-state index contributed by atoms with van der Waals surface area (Å²) in [5.74, 6) is 0. The molecule has 0 aliphatic heterocycles. The van der Waals surface area contributed by atoms with Gasteiger partial charge < -0.3 is 0 Å². The van der Waals surface area contributed by atoms with Gasteiger partial charge >= 0.3 is 0 Å². The standard InChI is InChI=1S/C33H40/c1-3-4-5-6-7-8-9-10-11-12-13-27-16-19-30-25-33-23-29(28-17-14-26(2)15-18-28)20-21-31(33)24-32(30)22-27/h14-25H,3-13H2,1-2H3. The minimum absolute atomic E-state index is 1.21. The van der Waals surface area contributed by atoms with Gasteiger partial charge in [0.05, 0.1) is 0 Å². The summed E-state index contributed by atoms with van der Waals surface area (Å²) in [5.41, 5.74) is 5.37. The number of hydrogen-bond acceptors (Lipinski definition) is 0. The van der Waals surface area contributed by atoms with Crippen LogP contribution in [0.25, 0.3) is 32.7 Å². The van der Waals surface area contributed by atoms with E-state index in [2.05, 4.69) is 86.6 Å². The van der Waals surface area contributed by atoms with Gasteiger partial charge in [0, 0.05) is 0 Å². The summed E-state index contributed by atoms with van der Waals surface area (Å²) >= 11 is 0. The summed E-state index contributed by atoms with van der Waals surface area (Å²) < 4.78 is 0. The Morgan fingerprint density at radius 1 is 0.455 bits per heavy atom. The van der Waals surface area contributed by atoms with Crippen LogP contribution in [0.2, 0.25) is 0 Å². The van der Waals surface area contributed by atoms with Crippen LogP contribution in [0.4, 0.5) is 0 Å². The van der Waals surface area contributed by atoms with E-state index in [-0.39, 0.29) is 0 Å². The maximum absolute atomic E-state index is 2.41. The molecule has 4 rings (SSSR count). The number of aryl methyl sites for hydroxylation is 2. The molecule has 0 nitrogen and oxygen atoms in total. The van der Waals surface area contributed by atoms with Crippen molar-refractivity contribution < 1.29 is 0 Å². The van der Waals surface area contributed by atoms with Crippen molar-refractivity contribution in [2.75, 3.05) is 0 Å². The summed E-state index contributed by atoms with van der Waals surface area (Å²) in [6.45, 7) is 4.43. The van der Waals surface area contributed by atoms with Gasteiger partial charge in [-0.3, -0.25) is 0 Å². The predicted molar refractivity (Wildman–Crippen MR) is 147 cm³/mol. The van der Waals surface area contributed by atoms with E-state index in [0.717, 1.165) is 0 Å². The predicted octanol–water partition coefficient (Wildman–Crippen LogP) is 10.4. The molecule has 0 aliphatic rings. The molecule has 0 heterocycles. The molecule has 33 heavy (non-hydrogen) atoms. The maximum atomic E-state index is 2.41. The normalized spacial score (nSPS) is 11.5. The van der Waals surface area contributed by atoms with E-state index in [1.54, 1.807) is 0 Å². The van der Waals surface area contributed by atoms with Crippen LogP contribution in [-0.4, -0.2) is 0 Å². The molecule has 0 atom stereocenters. The second-order valence-electron chi connectivity index (χ2n) is 9.89. The smallest absolute Gasteiger partial charge is 0.0171 e. The lowest BCUT2D eigenvalue weighted by molar-refractivity contribution is 0.556. The van der Waals surface area contributed by atoms with E-state index >= 15 is 0 Å². The average molecular weight is 437 g/mol. The molecule has 0 radical (unpaired) electrons. The highest BCUT2D eigenvalue weighted by Crippen LogP contribution is 2.29. The molecule has 0 aromatic heterocycles. The van der Waals surface area contributed by atoms with Gasteiger partial charge in [-0.25, -0.2) is 0 Å². The molecular weight excluding hydrogens is 396 g/mol. The average Bonchev–Trinajstić information content (AvgIpc) is 2.84. The quantitative estimate of drug-likeness (QED) is 0.153. The van der Waals surface area contributed by atoms with E-state index in [4.69, 9.17) is 0 Å². The molecule has 0 spiro atoms. The Balaban J connectivity index is 1.32. The van der Waals surface area contributed by atoms with Gasteiger partial charge in [-0.2, -0.15) is 0 Å². The van der Waals surface area contributed by atoms with Crippen LogP contribution in [-0.2, 0) is 6.42 Å². The summed E-state index contributed by atoms with van der Waals surface area (Å²) in [6, 6.07) is 27.5. The van der Waals surface area contributed by atoms with Gasteiger partial charge in [0.15, 0.2) is 0 Å². The molecule has 0 N–H and O–H groups in total. The molecule has 4 aromatic rings. The fourth-order valence-electron chi connectivity index (χ4n) is 4.94. The molecular formula is C33H40. The Bertz CT molecular complexity index is 1150. The lowest BCUT2D eigenvalue weighted by Crippen LogP contribution is -1.88. The number of benzene rings is 4. The Morgan fingerprint density at radius 2 is 1.00 bits per heavy atom. The first-order valence-corrected chi connectivity index (χ1v) is 13.3. The number of hydrogen-bond donors (Lipinski definition) is 0. The highest BCUT2D eigenvalue weighted by Gasteiger charge is 2.04. The Hall–Kier alpha value is -2.60. The van der Waals surface area contributed by atoms with Gasteiger partial charge in [0.2, 0.25) is 0 Å². The zero-order valence-electron chi connectivity index (χ0n) is 20.7. The largest absolute Gasteiger partial charge is 0.0654 e. The third kappa shape index (κ3) is 6.70. The van der Waals surface area contributed by atoms with Crippen molar-refractivity contribution in [3.05, 3.63) is 83.9 Å². The van der Waals surface area contributed by atoms with E-state index in [1.807, 2.05) is 0 Å². The van der Waals surface area contributed by atoms with Gasteiger partial charge in [-0.05, 0) is 76.2 Å². The summed E-state index contributed by atoms with van der Waals surface area (Å²) in [6.07, 6.45) is 15.2. The van der Waals surface area contributed by atoms with E-state index in [0.29, 0.717) is 0 Å². The first-order valence-electron chi connectivity index (χ1n) is 13.3. The van der Waals surface area contributed by atoms with Crippen molar-refractivity contribution in [2.24, 2.45) is 0 Å². The minimum Gasteiger partial charge on any atom is -0.0654 e. The van der Waals surface area contributed by atoms with Gasteiger partial charge in [0.25, 0.3) is 0 Å². The Kier molecular flexibility index (Phi) is 8.59. The van der Waals surface area contributed by atoms with Crippen LogP contribution in [0.3, 0.4) is 0 Å². The number of rotatable bonds is 12. The molecule has 0 aliphatic carbocycles. The first-order chi connectivity index (χ1) is 16.2. The minimum atomic E-state index is 1.21. The monoisotopic (exact) mass is 436 g/mol. The molecule has 0 saturated heterocycles. The van der Waals surface area contributed by atoms with Gasteiger partial charge in [-0.15, -0.1) is 0 Å². The number of unbranched alkanes of at least 4 members (excludes halogenated alkanes) is 9. The molecule has 4 aromatic carbocycles. The summed E-state index contributed by atoms with van der Waals surface area (Å²) in [5, 5.41) is 5.36. The Labute approximate surface area is 201 Å². The molecule has 0 saturated carbocycles. The molecule has 0 heteroatoms. The topological polar surface area (TPSA) is 0 Å². The Morgan fingerprint density at radius 3 is 1.67 bits per heavy atom. The molecule has 0 unspecified atom stereocenters. The van der Waals surface area contributed by atoms with Crippen LogP contribution in [0.15, 0.2) is 72.8 Å². The van der Waals surface area contributed by atoms with E-state index in [1.165, 1.54) is 114 Å². The van der Waals surface area contributed by atoms with Crippen molar-refractivity contribution in [1.82, 2.24) is 0 Å². The highest BCUT2D eigenvalue weighted by molar-refractivity contribution is 5.99. The van der Waals surface area contributed by atoms with Crippen molar-refractivity contribution in [1.29, 1.82) is 0 Å². The maximum Gasteiger partial charge on any atom is -0.0171 e. The van der Waals surface area contributed by atoms with Crippen LogP contribution < -0.4 is 0 Å². The highest BCUT2D eigenvalue weighted by atomic mass is 14.1. The molecule has 0 fully saturated rings. The van der Waals surface area contributed by atoms with Gasteiger partial charge in [-0.1, -0.05) is 125 Å². The van der Waals surface area contributed by atoms with Crippen LogP contribution >= 0.6 is 0 Å².